The fourth-order valence-corrected chi connectivity index (χ4v) is 3.94. The van der Waals surface area contributed by atoms with Gasteiger partial charge < -0.3 is 30.1 Å². The Kier molecular flexibility index (Phi) is 16.3. The summed E-state index contributed by atoms with van der Waals surface area (Å²) >= 11 is 0. The van der Waals surface area contributed by atoms with Crippen LogP contribution in [-0.2, 0) is 17.8 Å². The lowest BCUT2D eigenvalue weighted by Crippen LogP contribution is -2.32. The van der Waals surface area contributed by atoms with Gasteiger partial charge in [0.15, 0.2) is 0 Å². The van der Waals surface area contributed by atoms with Crippen molar-refractivity contribution in [2.45, 2.75) is 57.6 Å². The quantitative estimate of drug-likeness (QED) is 0.0837. The molecular formula is C29H43N3O6. The summed E-state index contributed by atoms with van der Waals surface area (Å²) in [6, 6.07) is 15.5. The van der Waals surface area contributed by atoms with Crippen molar-refractivity contribution in [1.82, 2.24) is 10.6 Å². The van der Waals surface area contributed by atoms with E-state index in [1.165, 1.54) is 25.7 Å². The zero-order valence-corrected chi connectivity index (χ0v) is 22.3. The second kappa shape index (κ2) is 19.9. The minimum absolute atomic E-state index is 0.0860. The maximum Gasteiger partial charge on any atom is 0.294 e. The molecule has 0 saturated heterocycles. The molecule has 0 aliphatic carbocycles. The molecule has 0 spiro atoms. The van der Waals surface area contributed by atoms with E-state index in [-0.39, 0.29) is 19.8 Å². The van der Waals surface area contributed by atoms with Gasteiger partial charge in [-0.2, -0.15) is 0 Å². The van der Waals surface area contributed by atoms with E-state index >= 15 is 0 Å². The Labute approximate surface area is 226 Å². The number of aliphatic hydroxyl groups is 1. The lowest BCUT2D eigenvalue weighted by Gasteiger charge is -2.15. The fraction of sp³-hybridized carbons (Fsp3) is 0.517. The van der Waals surface area contributed by atoms with Crippen LogP contribution in [0.5, 0.6) is 11.5 Å². The van der Waals surface area contributed by atoms with E-state index in [0.29, 0.717) is 12.3 Å². The number of allylic oxidation sites excluding steroid dienone is 1. The van der Waals surface area contributed by atoms with Gasteiger partial charge in [-0.15, -0.1) is 16.7 Å². The highest BCUT2D eigenvalue weighted by atomic mass is 17.0. The van der Waals surface area contributed by atoms with E-state index in [1.807, 2.05) is 54.6 Å². The number of rotatable bonds is 23. The molecular weight excluding hydrogens is 486 g/mol. The summed E-state index contributed by atoms with van der Waals surface area (Å²) in [4.78, 5) is 14.4. The van der Waals surface area contributed by atoms with Crippen LogP contribution in [0.1, 0.15) is 49.7 Å². The van der Waals surface area contributed by atoms with E-state index in [2.05, 4.69) is 22.1 Å². The van der Waals surface area contributed by atoms with Crippen molar-refractivity contribution in [1.29, 1.82) is 0 Å². The molecule has 0 bridgehead atoms. The number of aliphatic hydroxyl groups excluding tert-OH is 1. The summed E-state index contributed by atoms with van der Waals surface area (Å²) in [7, 11) is 0. The van der Waals surface area contributed by atoms with Crippen molar-refractivity contribution in [2.75, 3.05) is 39.5 Å². The van der Waals surface area contributed by atoms with Crippen LogP contribution in [0, 0.1) is 10.1 Å². The average Bonchev–Trinajstić information content (AvgIpc) is 2.91. The molecule has 0 heterocycles. The molecule has 0 aliphatic rings. The molecule has 38 heavy (non-hydrogen) atoms. The summed E-state index contributed by atoms with van der Waals surface area (Å²) in [6.45, 7) is 7.24. The van der Waals surface area contributed by atoms with Crippen molar-refractivity contribution >= 4 is 0 Å². The monoisotopic (exact) mass is 529 g/mol. The van der Waals surface area contributed by atoms with Crippen LogP contribution >= 0.6 is 0 Å². The smallest absolute Gasteiger partial charge is 0.294 e. The van der Waals surface area contributed by atoms with Gasteiger partial charge in [0.1, 0.15) is 37.4 Å². The molecule has 2 rings (SSSR count). The zero-order chi connectivity index (χ0) is 27.3. The normalized spacial score (nSPS) is 11.6. The van der Waals surface area contributed by atoms with Crippen LogP contribution in [0.25, 0.3) is 0 Å². The standard InChI is InChI=1S/C29H43N3O6/c1-2-12-26-14-7-8-16-29(26)37-24-27(33)23-31-18-10-6-4-3-5-9-17-30-22-25-13-11-15-28(21-25)36-19-20-38-32(34)35/h2,7-8,11,13-16,21,27,30-31,33H,1,3-6,9-10,12,17-20,22-24H2. The molecule has 0 saturated carbocycles. The highest BCUT2D eigenvalue weighted by Gasteiger charge is 2.07. The van der Waals surface area contributed by atoms with E-state index in [0.717, 1.165) is 55.8 Å². The fourth-order valence-electron chi connectivity index (χ4n) is 3.94. The highest BCUT2D eigenvalue weighted by Crippen LogP contribution is 2.19. The van der Waals surface area contributed by atoms with Crippen molar-refractivity contribution in [3.63, 3.8) is 0 Å². The average molecular weight is 530 g/mol. The van der Waals surface area contributed by atoms with Gasteiger partial charge in [0, 0.05) is 13.1 Å². The molecule has 0 fully saturated rings. The van der Waals surface area contributed by atoms with E-state index in [4.69, 9.17) is 9.47 Å². The Balaban J connectivity index is 1.40. The lowest BCUT2D eigenvalue weighted by molar-refractivity contribution is -0.757. The van der Waals surface area contributed by atoms with E-state index in [9.17, 15) is 15.2 Å². The summed E-state index contributed by atoms with van der Waals surface area (Å²) in [5, 5.41) is 26.3. The van der Waals surface area contributed by atoms with E-state index in [1.54, 1.807) is 0 Å². The van der Waals surface area contributed by atoms with Crippen LogP contribution in [0.3, 0.4) is 0 Å². The van der Waals surface area contributed by atoms with Crippen molar-refractivity contribution < 1.29 is 24.5 Å². The van der Waals surface area contributed by atoms with Gasteiger partial charge >= 0.3 is 0 Å². The summed E-state index contributed by atoms with van der Waals surface area (Å²) < 4.78 is 11.3. The number of unbranched alkanes of at least 4 members (excludes halogenated alkanes) is 5. The van der Waals surface area contributed by atoms with Gasteiger partial charge in [0.05, 0.1) is 0 Å². The van der Waals surface area contributed by atoms with E-state index < -0.39 is 11.2 Å². The Bertz CT molecular complexity index is 927. The van der Waals surface area contributed by atoms with Crippen molar-refractivity contribution in [3.8, 4) is 11.5 Å². The first-order valence-corrected chi connectivity index (χ1v) is 13.5. The summed E-state index contributed by atoms with van der Waals surface area (Å²) in [5.74, 6) is 1.49. The lowest BCUT2D eigenvalue weighted by atomic mass is 10.1. The van der Waals surface area contributed by atoms with Crippen LogP contribution in [0.15, 0.2) is 61.2 Å². The third-order valence-corrected chi connectivity index (χ3v) is 5.88. The Morgan fingerprint density at radius 2 is 1.68 bits per heavy atom. The number of ether oxygens (including phenoxy) is 2. The molecule has 0 radical (unpaired) electrons. The van der Waals surface area contributed by atoms with Gasteiger partial charge in [0.2, 0.25) is 0 Å². The number of hydrogen-bond donors (Lipinski definition) is 3. The van der Waals surface area contributed by atoms with Crippen LogP contribution in [-0.4, -0.2) is 55.8 Å². The predicted octanol–water partition coefficient (Wildman–Crippen LogP) is 4.46. The van der Waals surface area contributed by atoms with Crippen LogP contribution in [0.4, 0.5) is 0 Å². The highest BCUT2D eigenvalue weighted by molar-refractivity contribution is 5.34. The molecule has 3 N–H and O–H groups in total. The third kappa shape index (κ3) is 14.6. The summed E-state index contributed by atoms with van der Waals surface area (Å²) in [5.41, 5.74) is 2.19. The number of benzene rings is 2. The topological polar surface area (TPSA) is 115 Å². The van der Waals surface area contributed by atoms with Crippen molar-refractivity contribution in [3.05, 3.63) is 82.4 Å². The first-order valence-electron chi connectivity index (χ1n) is 13.5. The van der Waals surface area contributed by atoms with Gasteiger partial charge in [-0.05, 0) is 61.7 Å². The maximum atomic E-state index is 10.2. The van der Waals surface area contributed by atoms with Gasteiger partial charge in [-0.25, -0.2) is 0 Å². The largest absolute Gasteiger partial charge is 0.492 e. The van der Waals surface area contributed by atoms with Gasteiger partial charge in [0.25, 0.3) is 5.09 Å². The Morgan fingerprint density at radius 1 is 0.947 bits per heavy atom. The molecule has 0 aliphatic heterocycles. The molecule has 2 aromatic carbocycles. The first kappa shape index (κ1) is 31.1. The van der Waals surface area contributed by atoms with Gasteiger partial charge in [-0.1, -0.05) is 62.1 Å². The number of nitrogens with zero attached hydrogens (tertiary/aromatic N) is 1. The van der Waals surface area contributed by atoms with Crippen LogP contribution in [0.2, 0.25) is 0 Å². The molecule has 1 atom stereocenters. The molecule has 1 unspecified atom stereocenters. The molecule has 9 nitrogen and oxygen atoms in total. The second-order valence-electron chi connectivity index (χ2n) is 9.12. The Morgan fingerprint density at radius 3 is 2.45 bits per heavy atom. The number of nitrogens with one attached hydrogen (secondary N) is 2. The zero-order valence-electron chi connectivity index (χ0n) is 22.3. The minimum Gasteiger partial charge on any atom is -0.492 e. The predicted molar refractivity (Wildman–Crippen MR) is 149 cm³/mol. The molecule has 0 amide bonds. The van der Waals surface area contributed by atoms with Crippen molar-refractivity contribution in [2.24, 2.45) is 0 Å². The third-order valence-electron chi connectivity index (χ3n) is 5.88. The number of para-hydroxylation sites is 1. The maximum absolute atomic E-state index is 10.2. The summed E-state index contributed by atoms with van der Waals surface area (Å²) in [6.07, 6.45) is 9.11. The molecule has 2 aromatic rings. The Hall–Kier alpha value is -3.14. The minimum atomic E-state index is -0.820. The molecule has 0 aromatic heterocycles. The molecule has 210 valence electrons. The number of hydrogen-bond acceptors (Lipinski definition) is 8. The SMILES string of the molecule is C=CCc1ccccc1OCC(O)CNCCCCCCCCNCc1cccc(OCCO[N+](=O)[O-])c1. The second-order valence-corrected chi connectivity index (χ2v) is 9.12. The van der Waals surface area contributed by atoms with Gasteiger partial charge in [-0.3, -0.25) is 0 Å². The molecule has 9 heteroatoms. The van der Waals surface area contributed by atoms with Crippen LogP contribution < -0.4 is 20.1 Å². The first-order chi connectivity index (χ1) is 18.6.